The van der Waals surface area contributed by atoms with Crippen LogP contribution in [-0.2, 0) is 9.13 Å². The van der Waals surface area contributed by atoms with Gasteiger partial charge in [-0.25, -0.2) is 0 Å². The van der Waals surface area contributed by atoms with Crippen LogP contribution in [0.2, 0.25) is 0 Å². The molecule has 0 aliphatic carbocycles. The first-order valence-electron chi connectivity index (χ1n) is 2.19. The fourth-order valence-electron chi connectivity index (χ4n) is 0.346. The summed E-state index contributed by atoms with van der Waals surface area (Å²) in [5, 5.41) is 7.96. The molecule has 6 N–H and O–H groups in total. The molecule has 0 spiro atoms. The van der Waals surface area contributed by atoms with Gasteiger partial charge in [0.15, 0.2) is 0 Å². The highest BCUT2D eigenvalue weighted by Gasteiger charge is 2.43. The topological polar surface area (TPSA) is 147 Å². The van der Waals surface area contributed by atoms with E-state index in [2.05, 4.69) is 0 Å². The lowest BCUT2D eigenvalue weighted by atomic mass is 11.5. The Bertz CT molecular complexity index is 190. The van der Waals surface area contributed by atoms with E-state index in [1.807, 2.05) is 0 Å². The van der Waals surface area contributed by atoms with Crippen molar-refractivity contribution in [1.29, 1.82) is 0 Å². The first-order valence-corrected chi connectivity index (χ1v) is 5.56. The van der Waals surface area contributed by atoms with Gasteiger partial charge in [0.1, 0.15) is 0 Å². The van der Waals surface area contributed by atoms with E-state index in [0.717, 1.165) is 5.48 Å². The maximum absolute atomic E-state index is 10.2. The predicted molar refractivity (Wildman–Crippen MR) is 32.8 cm³/mol. The second-order valence-electron chi connectivity index (χ2n) is 1.68. The van der Waals surface area contributed by atoms with E-state index in [-0.39, 0.29) is 0 Å². The van der Waals surface area contributed by atoms with E-state index in [1.165, 1.54) is 0 Å². The monoisotopic (exact) mass is 207 g/mol. The first-order chi connectivity index (χ1) is 4.69. The largest absolute Gasteiger partial charge is 0.357 e. The maximum atomic E-state index is 10.2. The van der Waals surface area contributed by atoms with E-state index in [4.69, 9.17) is 24.8 Å². The molecule has 0 aromatic rings. The van der Waals surface area contributed by atoms with Gasteiger partial charge in [-0.15, -0.1) is 0 Å². The summed E-state index contributed by atoms with van der Waals surface area (Å²) >= 11 is 0. The zero-order valence-corrected chi connectivity index (χ0v) is 6.81. The minimum Gasteiger partial charge on any atom is -0.323 e. The molecule has 0 amide bonds. The van der Waals surface area contributed by atoms with Crippen LogP contribution in [0.25, 0.3) is 0 Å². The molecular formula is CH7NO7P2. The third-order valence-electron chi connectivity index (χ3n) is 0.753. The Morgan fingerprint density at radius 2 is 1.27 bits per heavy atom. The Hall–Kier alpha value is 0.220. The van der Waals surface area contributed by atoms with Gasteiger partial charge in [-0.2, -0.15) is 5.48 Å². The molecule has 11 heavy (non-hydrogen) atoms. The Morgan fingerprint density at radius 3 is 1.27 bits per heavy atom. The van der Waals surface area contributed by atoms with Crippen molar-refractivity contribution >= 4 is 15.2 Å². The van der Waals surface area contributed by atoms with Gasteiger partial charge in [0.05, 0.1) is 0 Å². The fraction of sp³-hybridized carbons (Fsp3) is 1.00. The van der Waals surface area contributed by atoms with Crippen molar-refractivity contribution in [3.05, 3.63) is 0 Å². The average Bonchev–Trinajstić information content (AvgIpc) is 1.56. The summed E-state index contributed by atoms with van der Waals surface area (Å²) in [5.41, 5.74) is -1.69. The van der Waals surface area contributed by atoms with Crippen LogP contribution >= 0.6 is 15.2 Å². The number of hydrogen-bond acceptors (Lipinski definition) is 4. The molecule has 0 radical (unpaired) electrons. The van der Waals surface area contributed by atoms with Gasteiger partial charge >= 0.3 is 15.2 Å². The third-order valence-corrected chi connectivity index (χ3v) is 4.06. The summed E-state index contributed by atoms with van der Waals surface area (Å²) in [4.78, 5) is 32.8. The van der Waals surface area contributed by atoms with Crippen molar-refractivity contribution in [3.8, 4) is 0 Å². The lowest BCUT2D eigenvalue weighted by molar-refractivity contribution is 0.154. The Kier molecular flexibility index (Phi) is 3.37. The Labute approximate surface area is 61.1 Å². The van der Waals surface area contributed by atoms with Crippen molar-refractivity contribution in [2.45, 2.75) is 5.52 Å². The first kappa shape index (κ1) is 11.2. The molecule has 0 unspecified atom stereocenters. The highest BCUT2D eigenvalue weighted by Crippen LogP contribution is 2.57. The van der Waals surface area contributed by atoms with Crippen molar-refractivity contribution in [2.24, 2.45) is 0 Å². The van der Waals surface area contributed by atoms with Crippen molar-refractivity contribution in [2.75, 3.05) is 0 Å². The van der Waals surface area contributed by atoms with Gasteiger partial charge < -0.3 is 24.8 Å². The van der Waals surface area contributed by atoms with Gasteiger partial charge in [-0.1, -0.05) is 0 Å². The fourth-order valence-corrected chi connectivity index (χ4v) is 2.21. The van der Waals surface area contributed by atoms with E-state index in [0.29, 0.717) is 0 Å². The molecule has 0 aliphatic heterocycles. The summed E-state index contributed by atoms with van der Waals surface area (Å²) in [6.45, 7) is 0. The summed E-state index contributed by atoms with van der Waals surface area (Å²) in [5.74, 6) is 0. The Morgan fingerprint density at radius 1 is 1.00 bits per heavy atom. The van der Waals surface area contributed by atoms with Crippen LogP contribution in [0.5, 0.6) is 0 Å². The van der Waals surface area contributed by atoms with Crippen molar-refractivity contribution in [3.63, 3.8) is 0 Å². The summed E-state index contributed by atoms with van der Waals surface area (Å²) in [6.07, 6.45) is 0. The molecule has 0 saturated carbocycles. The molecule has 0 aromatic carbocycles. The van der Waals surface area contributed by atoms with Gasteiger partial charge in [0, 0.05) is 0 Å². The minimum absolute atomic E-state index is 0.856. The third kappa shape index (κ3) is 3.42. The Balaban J connectivity index is 4.72. The van der Waals surface area contributed by atoms with Crippen molar-refractivity contribution in [1.82, 2.24) is 5.48 Å². The molecule has 0 fully saturated rings. The second-order valence-corrected chi connectivity index (χ2v) is 5.48. The lowest BCUT2D eigenvalue weighted by Gasteiger charge is -2.16. The van der Waals surface area contributed by atoms with Crippen LogP contribution in [0.4, 0.5) is 0 Å². The molecule has 0 aromatic heterocycles. The van der Waals surface area contributed by atoms with Gasteiger partial charge in [-0.3, -0.25) is 9.13 Å². The van der Waals surface area contributed by atoms with Crippen LogP contribution in [0.15, 0.2) is 0 Å². The van der Waals surface area contributed by atoms with Crippen LogP contribution in [0.1, 0.15) is 0 Å². The van der Waals surface area contributed by atoms with E-state index >= 15 is 0 Å². The van der Waals surface area contributed by atoms with Gasteiger partial charge in [0.25, 0.3) is 0 Å². The van der Waals surface area contributed by atoms with Crippen molar-refractivity contribution < 1.29 is 33.9 Å². The van der Waals surface area contributed by atoms with Gasteiger partial charge in [0.2, 0.25) is 5.52 Å². The lowest BCUT2D eigenvalue weighted by Crippen LogP contribution is -2.25. The molecule has 0 heterocycles. The van der Waals surface area contributed by atoms with E-state index in [1.54, 1.807) is 0 Å². The number of hydroxylamine groups is 1. The summed E-state index contributed by atoms with van der Waals surface area (Å²) in [6, 6.07) is 0. The smallest absolute Gasteiger partial charge is 0.323 e. The van der Waals surface area contributed by atoms with Crippen LogP contribution in [-0.4, -0.2) is 30.3 Å². The molecule has 68 valence electrons. The molecule has 0 aliphatic rings. The molecule has 10 heteroatoms. The zero-order valence-electron chi connectivity index (χ0n) is 5.02. The van der Waals surface area contributed by atoms with E-state index < -0.39 is 20.7 Å². The summed E-state index contributed by atoms with van der Waals surface area (Å²) in [7, 11) is -10.0. The SMILES string of the molecule is O=P(O)(O)C(NO)P(=O)(O)O. The van der Waals surface area contributed by atoms with Crippen LogP contribution in [0, 0.1) is 0 Å². The number of rotatable bonds is 3. The van der Waals surface area contributed by atoms with Crippen LogP contribution in [0.3, 0.4) is 0 Å². The summed E-state index contributed by atoms with van der Waals surface area (Å²) < 4.78 is 20.4. The quantitative estimate of drug-likeness (QED) is 0.244. The van der Waals surface area contributed by atoms with Crippen LogP contribution < -0.4 is 5.48 Å². The zero-order chi connectivity index (χ0) is 9.28. The minimum atomic E-state index is -5.02. The second kappa shape index (κ2) is 3.30. The maximum Gasteiger partial charge on any atom is 0.357 e. The molecule has 0 bridgehead atoms. The highest BCUT2D eigenvalue weighted by molar-refractivity contribution is 7.70. The standard InChI is InChI=1S/CH7NO7P2/c3-2-1(10(4,5)6)11(7,8)9/h1-3H,(H2,4,5,6)(H2,7,8,9). The molecular weight excluding hydrogens is 200 g/mol. The number of nitrogens with one attached hydrogen (secondary N) is 1. The molecule has 8 nitrogen and oxygen atoms in total. The van der Waals surface area contributed by atoms with E-state index in [9.17, 15) is 9.13 Å². The highest BCUT2D eigenvalue weighted by atomic mass is 31.2. The molecule has 0 atom stereocenters. The normalized spacial score (nSPS) is 14.0. The molecule has 0 saturated heterocycles. The molecule has 0 rings (SSSR count). The average molecular weight is 207 g/mol. The van der Waals surface area contributed by atoms with Gasteiger partial charge in [-0.05, 0) is 0 Å². The predicted octanol–water partition coefficient (Wildman–Crippen LogP) is -1.40. The number of hydrogen-bond donors (Lipinski definition) is 6.